The van der Waals surface area contributed by atoms with Gasteiger partial charge in [0, 0.05) is 6.42 Å². The molecule has 3 heteroatoms. The molecule has 0 aliphatic heterocycles. The molecule has 22 heavy (non-hydrogen) atoms. The molecule has 0 spiro atoms. The van der Waals surface area contributed by atoms with Crippen LogP contribution in [0, 0.1) is 0 Å². The maximum atomic E-state index is 11.3. The number of hydrogen-bond acceptors (Lipinski definition) is 3. The molecule has 2 nitrogen and oxygen atoms in total. The van der Waals surface area contributed by atoms with E-state index in [0.717, 1.165) is 12.2 Å². The van der Waals surface area contributed by atoms with Gasteiger partial charge >= 0.3 is 0 Å². The first-order valence-electron chi connectivity index (χ1n) is 9.25. The molecule has 0 unspecified atom stereocenters. The smallest absolute Gasteiger partial charge is 0.140 e. The fourth-order valence-corrected chi connectivity index (χ4v) is 3.49. The summed E-state index contributed by atoms with van der Waals surface area (Å²) in [4.78, 5) is 22.1. The third-order valence-corrected chi connectivity index (χ3v) is 4.99. The first-order chi connectivity index (χ1) is 10.7. The molecule has 0 bridgehead atoms. The molecule has 0 amide bonds. The van der Waals surface area contributed by atoms with E-state index in [0.29, 0.717) is 6.42 Å². The van der Waals surface area contributed by atoms with E-state index in [-0.39, 0.29) is 18.0 Å². The molecule has 0 fully saturated rings. The van der Waals surface area contributed by atoms with Gasteiger partial charge in [0.25, 0.3) is 0 Å². The summed E-state index contributed by atoms with van der Waals surface area (Å²) in [6, 6.07) is 0. The quantitative estimate of drug-likeness (QED) is 0.244. The van der Waals surface area contributed by atoms with Crippen LogP contribution < -0.4 is 0 Å². The Hall–Kier alpha value is -0.310. The maximum absolute atomic E-state index is 11.3. The number of Topliss-reactive ketones (excluding diaryl/α,β-unsaturated/α-hetero) is 2. The van der Waals surface area contributed by atoms with Crippen molar-refractivity contribution in [2.75, 3.05) is 11.5 Å². The number of carbonyl (C=O) groups is 2. The predicted molar refractivity (Wildman–Crippen MR) is 98.7 cm³/mol. The van der Waals surface area contributed by atoms with E-state index >= 15 is 0 Å². The van der Waals surface area contributed by atoms with Crippen LogP contribution >= 0.6 is 11.8 Å². The third-order valence-electron chi connectivity index (χ3n) is 3.83. The van der Waals surface area contributed by atoms with Crippen LogP contribution in [0.5, 0.6) is 0 Å². The fourth-order valence-electron chi connectivity index (χ4n) is 2.53. The lowest BCUT2D eigenvalue weighted by Gasteiger charge is -2.03. The Morgan fingerprint density at radius 2 is 1.23 bits per heavy atom. The molecule has 0 radical (unpaired) electrons. The molecule has 0 heterocycles. The van der Waals surface area contributed by atoms with Gasteiger partial charge in [-0.2, -0.15) is 11.8 Å². The van der Waals surface area contributed by atoms with Gasteiger partial charge in [0.15, 0.2) is 0 Å². The summed E-state index contributed by atoms with van der Waals surface area (Å²) in [7, 11) is 0. The van der Waals surface area contributed by atoms with E-state index in [1.165, 1.54) is 76.9 Å². The number of rotatable bonds is 17. The normalized spacial score (nSPS) is 10.8. The first-order valence-corrected chi connectivity index (χ1v) is 10.4. The molecule has 0 saturated carbocycles. The summed E-state index contributed by atoms with van der Waals surface area (Å²) in [6.07, 6.45) is 15.5. The standard InChI is InChI=1S/C19H36O2S/c1-3-4-5-6-7-8-9-10-11-12-15-22-16-13-14-19(21)17-18(2)20/h3-17H2,1-2H3. The summed E-state index contributed by atoms with van der Waals surface area (Å²) in [5, 5.41) is 0. The number of unbranched alkanes of at least 4 members (excludes halogenated alkanes) is 9. The minimum atomic E-state index is -0.0111. The van der Waals surface area contributed by atoms with Crippen LogP contribution in [0.3, 0.4) is 0 Å². The van der Waals surface area contributed by atoms with Crippen molar-refractivity contribution >= 4 is 23.3 Å². The van der Waals surface area contributed by atoms with Gasteiger partial charge in [-0.05, 0) is 31.3 Å². The van der Waals surface area contributed by atoms with E-state index in [4.69, 9.17) is 0 Å². The average Bonchev–Trinajstić information content (AvgIpc) is 2.47. The summed E-state index contributed by atoms with van der Waals surface area (Å²) in [6.45, 7) is 3.75. The molecule has 0 saturated heterocycles. The monoisotopic (exact) mass is 328 g/mol. The zero-order valence-electron chi connectivity index (χ0n) is 14.8. The van der Waals surface area contributed by atoms with Crippen LogP contribution in [0.4, 0.5) is 0 Å². The molecule has 0 aromatic heterocycles. The molecule has 0 N–H and O–H groups in total. The Balaban J connectivity index is 3.08. The van der Waals surface area contributed by atoms with Crippen LogP contribution in [0.15, 0.2) is 0 Å². The SMILES string of the molecule is CCCCCCCCCCCCSCCCC(=O)CC(C)=O. The second-order valence-electron chi connectivity index (χ2n) is 6.32. The minimum Gasteiger partial charge on any atom is -0.300 e. The number of thioether (sulfide) groups is 1. The molecular formula is C19H36O2S. The highest BCUT2D eigenvalue weighted by atomic mass is 32.2. The minimum absolute atomic E-state index is 0.0111. The predicted octanol–water partition coefficient (Wildman–Crippen LogP) is 5.97. The second-order valence-corrected chi connectivity index (χ2v) is 7.54. The average molecular weight is 329 g/mol. The molecule has 0 rings (SSSR count). The molecule has 0 aromatic rings. The molecule has 0 atom stereocenters. The van der Waals surface area contributed by atoms with E-state index in [2.05, 4.69) is 6.92 Å². The van der Waals surface area contributed by atoms with Crippen LogP contribution in [0.2, 0.25) is 0 Å². The summed E-state index contributed by atoms with van der Waals surface area (Å²) < 4.78 is 0. The van der Waals surface area contributed by atoms with Crippen LogP contribution in [0.25, 0.3) is 0 Å². The van der Waals surface area contributed by atoms with Crippen LogP contribution in [-0.2, 0) is 9.59 Å². The summed E-state index contributed by atoms with van der Waals surface area (Å²) in [5.74, 6) is 2.37. The lowest BCUT2D eigenvalue weighted by atomic mass is 10.1. The van der Waals surface area contributed by atoms with Gasteiger partial charge in [-0.1, -0.05) is 64.7 Å². The van der Waals surface area contributed by atoms with E-state index in [1.54, 1.807) is 0 Å². The Kier molecular flexibility index (Phi) is 16.8. The lowest BCUT2D eigenvalue weighted by Crippen LogP contribution is -2.04. The zero-order valence-corrected chi connectivity index (χ0v) is 15.6. The maximum Gasteiger partial charge on any atom is 0.140 e. The van der Waals surface area contributed by atoms with Gasteiger partial charge in [0.05, 0.1) is 6.42 Å². The summed E-state index contributed by atoms with van der Waals surface area (Å²) >= 11 is 1.95. The van der Waals surface area contributed by atoms with Gasteiger partial charge in [-0.25, -0.2) is 0 Å². The Morgan fingerprint density at radius 1 is 0.727 bits per heavy atom. The Morgan fingerprint density at radius 3 is 1.77 bits per heavy atom. The Bertz CT molecular complexity index is 277. The van der Waals surface area contributed by atoms with Crippen molar-refractivity contribution in [1.82, 2.24) is 0 Å². The van der Waals surface area contributed by atoms with Crippen molar-refractivity contribution in [3.05, 3.63) is 0 Å². The topological polar surface area (TPSA) is 34.1 Å². The van der Waals surface area contributed by atoms with Crippen molar-refractivity contribution in [2.24, 2.45) is 0 Å². The molecule has 0 aliphatic rings. The van der Waals surface area contributed by atoms with Gasteiger partial charge in [-0.15, -0.1) is 0 Å². The molecule has 130 valence electrons. The molecule has 0 aliphatic carbocycles. The van der Waals surface area contributed by atoms with Crippen molar-refractivity contribution < 1.29 is 9.59 Å². The second kappa shape index (κ2) is 17.1. The summed E-state index contributed by atoms with van der Waals surface area (Å²) in [5.41, 5.74) is 0. The lowest BCUT2D eigenvalue weighted by molar-refractivity contribution is -0.125. The Labute approximate surface area is 142 Å². The van der Waals surface area contributed by atoms with Gasteiger partial charge < -0.3 is 0 Å². The highest BCUT2D eigenvalue weighted by molar-refractivity contribution is 7.99. The van der Waals surface area contributed by atoms with Crippen LogP contribution in [-0.4, -0.2) is 23.1 Å². The number of ketones is 2. The first kappa shape index (κ1) is 21.7. The zero-order chi connectivity index (χ0) is 16.5. The fraction of sp³-hybridized carbons (Fsp3) is 0.895. The van der Waals surface area contributed by atoms with E-state index < -0.39 is 0 Å². The third kappa shape index (κ3) is 17.7. The van der Waals surface area contributed by atoms with Gasteiger partial charge in [0.2, 0.25) is 0 Å². The number of carbonyl (C=O) groups excluding carboxylic acids is 2. The molecule has 0 aromatic carbocycles. The van der Waals surface area contributed by atoms with Gasteiger partial charge in [0.1, 0.15) is 11.6 Å². The van der Waals surface area contributed by atoms with E-state index in [1.807, 2.05) is 11.8 Å². The van der Waals surface area contributed by atoms with E-state index in [9.17, 15) is 9.59 Å². The van der Waals surface area contributed by atoms with Gasteiger partial charge in [-0.3, -0.25) is 9.59 Å². The van der Waals surface area contributed by atoms with Crippen molar-refractivity contribution in [3.8, 4) is 0 Å². The largest absolute Gasteiger partial charge is 0.300 e. The molecular weight excluding hydrogens is 292 g/mol. The van der Waals surface area contributed by atoms with Crippen molar-refractivity contribution in [2.45, 2.75) is 97.3 Å². The van der Waals surface area contributed by atoms with Crippen LogP contribution in [0.1, 0.15) is 97.3 Å². The van der Waals surface area contributed by atoms with Crippen molar-refractivity contribution in [3.63, 3.8) is 0 Å². The van der Waals surface area contributed by atoms with Crippen molar-refractivity contribution in [1.29, 1.82) is 0 Å². The number of hydrogen-bond donors (Lipinski definition) is 0. The highest BCUT2D eigenvalue weighted by Crippen LogP contribution is 2.13. The highest BCUT2D eigenvalue weighted by Gasteiger charge is 2.04.